The van der Waals surface area contributed by atoms with Crippen LogP contribution in [0.25, 0.3) is 0 Å². The van der Waals surface area contributed by atoms with E-state index in [0.29, 0.717) is 5.56 Å². The van der Waals surface area contributed by atoms with Crippen LogP contribution in [0.2, 0.25) is 0 Å². The lowest BCUT2D eigenvalue weighted by Gasteiger charge is -2.07. The molecule has 0 aliphatic carbocycles. The molecule has 0 aromatic heterocycles. The van der Waals surface area contributed by atoms with Crippen molar-refractivity contribution in [2.45, 2.75) is 27.2 Å². The van der Waals surface area contributed by atoms with E-state index in [1.807, 2.05) is 26.8 Å². The molecule has 0 saturated heterocycles. The van der Waals surface area contributed by atoms with Gasteiger partial charge in [0.1, 0.15) is 0 Å². The number of benzene rings is 1. The average molecular weight is 178 g/mol. The standard InChI is InChI=1S/C11H14O2/c1-4-9-5-7(2)8(3)10(6-9)11(12)13/h5-6H,4H2,1-3H3,(H,12,13). The van der Waals surface area contributed by atoms with Crippen LogP contribution in [0.1, 0.15) is 34.0 Å². The highest BCUT2D eigenvalue weighted by Crippen LogP contribution is 2.16. The van der Waals surface area contributed by atoms with Crippen molar-refractivity contribution in [1.29, 1.82) is 0 Å². The van der Waals surface area contributed by atoms with E-state index in [0.717, 1.165) is 23.1 Å². The molecule has 0 heterocycles. The first kappa shape index (κ1) is 9.78. The summed E-state index contributed by atoms with van der Waals surface area (Å²) in [5, 5.41) is 8.91. The van der Waals surface area contributed by atoms with Gasteiger partial charge in [-0.05, 0) is 43.0 Å². The van der Waals surface area contributed by atoms with Crippen LogP contribution in [0.3, 0.4) is 0 Å². The Morgan fingerprint density at radius 2 is 2.00 bits per heavy atom. The van der Waals surface area contributed by atoms with Crippen molar-refractivity contribution < 1.29 is 9.90 Å². The number of carboxylic acid groups (broad SMARTS) is 1. The van der Waals surface area contributed by atoms with Crippen LogP contribution in [-0.2, 0) is 6.42 Å². The maximum Gasteiger partial charge on any atom is 0.335 e. The Morgan fingerprint density at radius 3 is 2.46 bits per heavy atom. The van der Waals surface area contributed by atoms with E-state index in [4.69, 9.17) is 5.11 Å². The molecule has 0 unspecified atom stereocenters. The highest BCUT2D eigenvalue weighted by molar-refractivity contribution is 5.90. The zero-order valence-corrected chi connectivity index (χ0v) is 8.22. The van der Waals surface area contributed by atoms with Crippen molar-refractivity contribution in [3.8, 4) is 0 Å². The molecule has 2 nitrogen and oxygen atoms in total. The minimum atomic E-state index is -0.837. The summed E-state index contributed by atoms with van der Waals surface area (Å²) in [5.74, 6) is -0.837. The third-order valence-corrected chi connectivity index (χ3v) is 2.37. The molecule has 0 bridgehead atoms. The molecule has 0 aliphatic rings. The third-order valence-electron chi connectivity index (χ3n) is 2.37. The van der Waals surface area contributed by atoms with Crippen molar-refractivity contribution >= 4 is 5.97 Å². The van der Waals surface area contributed by atoms with E-state index < -0.39 is 5.97 Å². The lowest BCUT2D eigenvalue weighted by molar-refractivity contribution is 0.0696. The van der Waals surface area contributed by atoms with E-state index in [2.05, 4.69) is 0 Å². The van der Waals surface area contributed by atoms with Gasteiger partial charge in [0.05, 0.1) is 5.56 Å². The van der Waals surface area contributed by atoms with Crippen LogP contribution < -0.4 is 0 Å². The number of hydrogen-bond donors (Lipinski definition) is 1. The van der Waals surface area contributed by atoms with E-state index >= 15 is 0 Å². The van der Waals surface area contributed by atoms with Crippen molar-refractivity contribution in [3.05, 3.63) is 34.4 Å². The lowest BCUT2D eigenvalue weighted by atomic mass is 9.98. The summed E-state index contributed by atoms with van der Waals surface area (Å²) in [4.78, 5) is 10.8. The van der Waals surface area contributed by atoms with E-state index in [9.17, 15) is 4.79 Å². The molecule has 1 N–H and O–H groups in total. The summed E-state index contributed by atoms with van der Waals surface area (Å²) in [7, 11) is 0. The average Bonchev–Trinajstić information content (AvgIpc) is 2.09. The molecule has 13 heavy (non-hydrogen) atoms. The Bertz CT molecular complexity index is 340. The lowest BCUT2D eigenvalue weighted by Crippen LogP contribution is -2.02. The normalized spacial score (nSPS) is 10.1. The van der Waals surface area contributed by atoms with E-state index in [-0.39, 0.29) is 0 Å². The van der Waals surface area contributed by atoms with Crippen LogP contribution in [0.15, 0.2) is 12.1 Å². The van der Waals surface area contributed by atoms with Gasteiger partial charge in [0.25, 0.3) is 0 Å². The zero-order chi connectivity index (χ0) is 10.0. The van der Waals surface area contributed by atoms with E-state index in [1.165, 1.54) is 0 Å². The topological polar surface area (TPSA) is 37.3 Å². The maximum atomic E-state index is 10.8. The summed E-state index contributed by atoms with van der Waals surface area (Å²) >= 11 is 0. The molecule has 0 radical (unpaired) electrons. The highest BCUT2D eigenvalue weighted by Gasteiger charge is 2.09. The first-order valence-corrected chi connectivity index (χ1v) is 4.39. The minimum Gasteiger partial charge on any atom is -0.478 e. The summed E-state index contributed by atoms with van der Waals surface area (Å²) in [5.41, 5.74) is 3.43. The predicted molar refractivity (Wildman–Crippen MR) is 52.3 cm³/mol. The number of hydrogen-bond acceptors (Lipinski definition) is 1. The van der Waals surface area contributed by atoms with Gasteiger partial charge in [0, 0.05) is 0 Å². The summed E-state index contributed by atoms with van der Waals surface area (Å²) in [6, 6.07) is 3.80. The number of carbonyl (C=O) groups is 1. The molecule has 0 aliphatic heterocycles. The van der Waals surface area contributed by atoms with Gasteiger partial charge < -0.3 is 5.11 Å². The summed E-state index contributed by atoms with van der Waals surface area (Å²) < 4.78 is 0. The van der Waals surface area contributed by atoms with Gasteiger partial charge in [0.2, 0.25) is 0 Å². The van der Waals surface area contributed by atoms with Gasteiger partial charge in [0.15, 0.2) is 0 Å². The Kier molecular flexibility index (Phi) is 2.71. The maximum absolute atomic E-state index is 10.8. The number of rotatable bonds is 2. The molecular formula is C11H14O2. The zero-order valence-electron chi connectivity index (χ0n) is 8.22. The molecule has 2 heteroatoms. The highest BCUT2D eigenvalue weighted by atomic mass is 16.4. The van der Waals surface area contributed by atoms with Crippen LogP contribution in [0.4, 0.5) is 0 Å². The van der Waals surface area contributed by atoms with Crippen LogP contribution >= 0.6 is 0 Å². The molecule has 0 fully saturated rings. The van der Waals surface area contributed by atoms with E-state index in [1.54, 1.807) is 6.07 Å². The summed E-state index contributed by atoms with van der Waals surface area (Å²) in [6.45, 7) is 5.81. The Hall–Kier alpha value is -1.31. The molecule has 70 valence electrons. The molecule has 1 aromatic carbocycles. The molecule has 0 amide bonds. The molecule has 1 rings (SSSR count). The quantitative estimate of drug-likeness (QED) is 0.755. The van der Waals surface area contributed by atoms with Crippen LogP contribution in [0.5, 0.6) is 0 Å². The molecule has 1 aromatic rings. The largest absolute Gasteiger partial charge is 0.478 e. The SMILES string of the molecule is CCc1cc(C)c(C)c(C(=O)O)c1. The van der Waals surface area contributed by atoms with Gasteiger partial charge in [-0.25, -0.2) is 4.79 Å². The number of aromatic carboxylic acids is 1. The van der Waals surface area contributed by atoms with Crippen LogP contribution in [-0.4, -0.2) is 11.1 Å². The van der Waals surface area contributed by atoms with Crippen molar-refractivity contribution in [2.75, 3.05) is 0 Å². The Labute approximate surface area is 78.2 Å². The number of aryl methyl sites for hydroxylation is 2. The smallest absolute Gasteiger partial charge is 0.335 e. The van der Waals surface area contributed by atoms with Gasteiger partial charge in [-0.1, -0.05) is 13.0 Å². The minimum absolute atomic E-state index is 0.428. The summed E-state index contributed by atoms with van der Waals surface area (Å²) in [6.07, 6.45) is 0.876. The fourth-order valence-electron chi connectivity index (χ4n) is 1.36. The molecule has 0 saturated carbocycles. The second-order valence-corrected chi connectivity index (χ2v) is 3.24. The van der Waals surface area contributed by atoms with Crippen molar-refractivity contribution in [2.24, 2.45) is 0 Å². The second-order valence-electron chi connectivity index (χ2n) is 3.24. The molecule has 0 spiro atoms. The molecular weight excluding hydrogens is 164 g/mol. The van der Waals surface area contributed by atoms with Crippen molar-refractivity contribution in [3.63, 3.8) is 0 Å². The van der Waals surface area contributed by atoms with Crippen LogP contribution in [0, 0.1) is 13.8 Å². The monoisotopic (exact) mass is 178 g/mol. The predicted octanol–water partition coefficient (Wildman–Crippen LogP) is 2.56. The second kappa shape index (κ2) is 3.60. The third kappa shape index (κ3) is 1.89. The first-order valence-electron chi connectivity index (χ1n) is 4.39. The van der Waals surface area contributed by atoms with Gasteiger partial charge in [-0.2, -0.15) is 0 Å². The van der Waals surface area contributed by atoms with Crippen molar-refractivity contribution in [1.82, 2.24) is 0 Å². The Morgan fingerprint density at radius 1 is 1.38 bits per heavy atom. The van der Waals surface area contributed by atoms with Gasteiger partial charge >= 0.3 is 5.97 Å². The fourth-order valence-corrected chi connectivity index (χ4v) is 1.36. The molecule has 0 atom stereocenters. The Balaban J connectivity index is 3.33. The number of carboxylic acids is 1. The van der Waals surface area contributed by atoms with Gasteiger partial charge in [-0.3, -0.25) is 0 Å². The first-order chi connectivity index (χ1) is 6.06. The van der Waals surface area contributed by atoms with Gasteiger partial charge in [-0.15, -0.1) is 0 Å². The fraction of sp³-hybridized carbons (Fsp3) is 0.364.